The van der Waals surface area contributed by atoms with Gasteiger partial charge in [0, 0.05) is 0 Å². The summed E-state index contributed by atoms with van der Waals surface area (Å²) >= 11 is 0. The summed E-state index contributed by atoms with van der Waals surface area (Å²) < 4.78 is 18.5. The summed E-state index contributed by atoms with van der Waals surface area (Å²) in [5.74, 6) is 4.94. The molecular weight excluding hydrogens is 231 g/mol. The number of benzene rings is 2. The number of hydrazone groups is 1. The van der Waals surface area contributed by atoms with E-state index in [1.54, 1.807) is 12.3 Å². The molecule has 0 fully saturated rings. The monoisotopic (exact) mass is 244 g/mol. The third kappa shape index (κ3) is 2.48. The summed E-state index contributed by atoms with van der Waals surface area (Å²) in [6.45, 7) is 0. The van der Waals surface area contributed by atoms with E-state index < -0.39 is 0 Å². The van der Waals surface area contributed by atoms with Gasteiger partial charge in [-0.3, -0.25) is 0 Å². The van der Waals surface area contributed by atoms with Crippen LogP contribution in [0.15, 0.2) is 47.6 Å². The van der Waals surface area contributed by atoms with Crippen LogP contribution in [0.5, 0.6) is 5.75 Å². The van der Waals surface area contributed by atoms with E-state index in [4.69, 9.17) is 10.6 Å². The highest BCUT2D eigenvalue weighted by atomic mass is 19.1. The van der Waals surface area contributed by atoms with Gasteiger partial charge in [0.15, 0.2) is 11.6 Å². The molecule has 2 aromatic rings. The molecule has 0 aliphatic heterocycles. The van der Waals surface area contributed by atoms with Crippen molar-refractivity contribution in [3.63, 3.8) is 0 Å². The highest BCUT2D eigenvalue weighted by Crippen LogP contribution is 2.25. The molecule has 0 heterocycles. The Bertz CT molecular complexity index is 565. The molecule has 0 spiro atoms. The van der Waals surface area contributed by atoms with Crippen LogP contribution >= 0.6 is 0 Å². The van der Waals surface area contributed by atoms with Gasteiger partial charge in [0.25, 0.3) is 0 Å². The molecule has 2 N–H and O–H groups in total. The summed E-state index contributed by atoms with van der Waals surface area (Å²) in [5.41, 5.74) is 2.62. The molecule has 0 bridgehead atoms. The van der Waals surface area contributed by atoms with Crippen molar-refractivity contribution in [2.75, 3.05) is 7.11 Å². The smallest absolute Gasteiger partial charge is 0.165 e. The molecule has 0 aliphatic carbocycles. The van der Waals surface area contributed by atoms with Gasteiger partial charge in [-0.2, -0.15) is 5.10 Å². The molecule has 3 nitrogen and oxygen atoms in total. The van der Waals surface area contributed by atoms with Crippen molar-refractivity contribution >= 4 is 6.21 Å². The van der Waals surface area contributed by atoms with E-state index in [9.17, 15) is 4.39 Å². The summed E-state index contributed by atoms with van der Waals surface area (Å²) in [6.07, 6.45) is 1.55. The molecule has 18 heavy (non-hydrogen) atoms. The summed E-state index contributed by atoms with van der Waals surface area (Å²) in [6, 6.07) is 12.4. The Morgan fingerprint density at radius 1 is 1.11 bits per heavy atom. The molecule has 2 rings (SSSR count). The Hall–Kier alpha value is -2.36. The van der Waals surface area contributed by atoms with Crippen molar-refractivity contribution in [2.24, 2.45) is 10.9 Å². The van der Waals surface area contributed by atoms with Gasteiger partial charge < -0.3 is 10.6 Å². The third-order valence-electron chi connectivity index (χ3n) is 2.62. The minimum Gasteiger partial charge on any atom is -0.494 e. The van der Waals surface area contributed by atoms with E-state index >= 15 is 0 Å². The van der Waals surface area contributed by atoms with Gasteiger partial charge in [0.05, 0.1) is 13.3 Å². The van der Waals surface area contributed by atoms with Gasteiger partial charge in [-0.05, 0) is 28.8 Å². The maximum atomic E-state index is 13.6. The Morgan fingerprint density at radius 3 is 2.33 bits per heavy atom. The number of methoxy groups -OCH3 is 1. The second-order valence-electron chi connectivity index (χ2n) is 3.75. The number of hydrogen-bond donors (Lipinski definition) is 1. The van der Waals surface area contributed by atoms with Gasteiger partial charge in [0.2, 0.25) is 0 Å². The SMILES string of the molecule is COc1ccc(-c2ccc(C=NN)cc2)cc1F. The van der Waals surface area contributed by atoms with Crippen LogP contribution in [-0.4, -0.2) is 13.3 Å². The van der Waals surface area contributed by atoms with Crippen molar-refractivity contribution in [3.8, 4) is 16.9 Å². The first-order chi connectivity index (χ1) is 8.74. The number of ether oxygens (including phenoxy) is 1. The molecule has 0 atom stereocenters. The predicted octanol–water partition coefficient (Wildman–Crippen LogP) is 2.79. The Labute approximate surface area is 105 Å². The second kappa shape index (κ2) is 5.31. The van der Waals surface area contributed by atoms with Crippen molar-refractivity contribution < 1.29 is 9.13 Å². The van der Waals surface area contributed by atoms with E-state index in [0.29, 0.717) is 0 Å². The summed E-state index contributed by atoms with van der Waals surface area (Å²) in [5, 5.41) is 3.44. The minimum absolute atomic E-state index is 0.241. The molecule has 0 radical (unpaired) electrons. The van der Waals surface area contributed by atoms with E-state index in [1.165, 1.54) is 13.2 Å². The van der Waals surface area contributed by atoms with Crippen LogP contribution in [0.25, 0.3) is 11.1 Å². The first kappa shape index (κ1) is 12.1. The molecule has 4 heteroatoms. The normalized spacial score (nSPS) is 10.8. The first-order valence-electron chi connectivity index (χ1n) is 5.42. The van der Waals surface area contributed by atoms with E-state index in [-0.39, 0.29) is 11.6 Å². The Kier molecular flexibility index (Phi) is 3.57. The van der Waals surface area contributed by atoms with Crippen molar-refractivity contribution in [3.05, 3.63) is 53.8 Å². The van der Waals surface area contributed by atoms with Crippen LogP contribution in [0.3, 0.4) is 0 Å². The second-order valence-corrected chi connectivity index (χ2v) is 3.75. The predicted molar refractivity (Wildman–Crippen MR) is 70.2 cm³/mol. The fraction of sp³-hybridized carbons (Fsp3) is 0.0714. The molecule has 0 aromatic heterocycles. The summed E-state index contributed by atoms with van der Waals surface area (Å²) in [4.78, 5) is 0. The van der Waals surface area contributed by atoms with E-state index in [0.717, 1.165) is 16.7 Å². The lowest BCUT2D eigenvalue weighted by Crippen LogP contribution is -1.89. The lowest BCUT2D eigenvalue weighted by molar-refractivity contribution is 0.386. The average molecular weight is 244 g/mol. The number of rotatable bonds is 3. The van der Waals surface area contributed by atoms with Gasteiger partial charge in [-0.1, -0.05) is 30.3 Å². The number of nitrogens with zero attached hydrogens (tertiary/aromatic N) is 1. The van der Waals surface area contributed by atoms with Gasteiger partial charge in [-0.25, -0.2) is 4.39 Å². The molecule has 0 saturated carbocycles. The Balaban J connectivity index is 2.33. The van der Waals surface area contributed by atoms with Gasteiger partial charge in [0.1, 0.15) is 0 Å². The van der Waals surface area contributed by atoms with Crippen molar-refractivity contribution in [1.29, 1.82) is 0 Å². The third-order valence-corrected chi connectivity index (χ3v) is 2.62. The number of halogens is 1. The molecule has 92 valence electrons. The van der Waals surface area contributed by atoms with E-state index in [1.807, 2.05) is 30.3 Å². The van der Waals surface area contributed by atoms with Crippen LogP contribution in [-0.2, 0) is 0 Å². The zero-order chi connectivity index (χ0) is 13.0. The maximum Gasteiger partial charge on any atom is 0.165 e. The molecule has 0 amide bonds. The van der Waals surface area contributed by atoms with Crippen molar-refractivity contribution in [2.45, 2.75) is 0 Å². The van der Waals surface area contributed by atoms with Crippen LogP contribution in [0.4, 0.5) is 4.39 Å². The lowest BCUT2D eigenvalue weighted by Gasteiger charge is -2.05. The first-order valence-corrected chi connectivity index (χ1v) is 5.42. The fourth-order valence-corrected chi connectivity index (χ4v) is 1.69. The molecule has 0 aliphatic rings. The van der Waals surface area contributed by atoms with E-state index in [2.05, 4.69) is 5.10 Å². The highest BCUT2D eigenvalue weighted by molar-refractivity contribution is 5.80. The van der Waals surface area contributed by atoms with Gasteiger partial charge in [-0.15, -0.1) is 0 Å². The molecular formula is C14H13FN2O. The van der Waals surface area contributed by atoms with Gasteiger partial charge >= 0.3 is 0 Å². The van der Waals surface area contributed by atoms with Crippen LogP contribution < -0.4 is 10.6 Å². The lowest BCUT2D eigenvalue weighted by atomic mass is 10.0. The minimum atomic E-state index is -0.373. The zero-order valence-electron chi connectivity index (χ0n) is 9.93. The number of hydrogen-bond acceptors (Lipinski definition) is 3. The summed E-state index contributed by atoms with van der Waals surface area (Å²) in [7, 11) is 1.44. The molecule has 0 saturated heterocycles. The maximum absolute atomic E-state index is 13.6. The Morgan fingerprint density at radius 2 is 1.78 bits per heavy atom. The molecule has 2 aromatic carbocycles. The topological polar surface area (TPSA) is 47.6 Å². The zero-order valence-corrected chi connectivity index (χ0v) is 9.93. The quantitative estimate of drug-likeness (QED) is 0.512. The van der Waals surface area contributed by atoms with Crippen molar-refractivity contribution in [1.82, 2.24) is 0 Å². The van der Waals surface area contributed by atoms with Crippen LogP contribution in [0.1, 0.15) is 5.56 Å². The number of nitrogens with two attached hydrogens (primary N) is 1. The van der Waals surface area contributed by atoms with Crippen LogP contribution in [0.2, 0.25) is 0 Å². The highest BCUT2D eigenvalue weighted by Gasteiger charge is 2.04. The standard InChI is InChI=1S/C14H13FN2O/c1-18-14-7-6-12(8-13(14)15)11-4-2-10(3-5-11)9-17-16/h2-9H,16H2,1H3. The largest absolute Gasteiger partial charge is 0.494 e. The fourth-order valence-electron chi connectivity index (χ4n) is 1.69. The van der Waals surface area contributed by atoms with Crippen LogP contribution in [0, 0.1) is 5.82 Å². The average Bonchev–Trinajstić information content (AvgIpc) is 2.40. The molecule has 0 unspecified atom stereocenters.